The molecule has 0 unspecified atom stereocenters. The lowest BCUT2D eigenvalue weighted by atomic mass is 9.88. The van der Waals surface area contributed by atoms with Crippen LogP contribution in [-0.2, 0) is 9.59 Å². The molecular weight excluding hydrogens is 290 g/mol. The van der Waals surface area contributed by atoms with Crippen LogP contribution < -0.4 is 5.32 Å². The van der Waals surface area contributed by atoms with Gasteiger partial charge in [0.1, 0.15) is 5.54 Å². The van der Waals surface area contributed by atoms with E-state index in [0.29, 0.717) is 12.5 Å². The van der Waals surface area contributed by atoms with E-state index in [-0.39, 0.29) is 11.8 Å². The maximum atomic E-state index is 12.6. The van der Waals surface area contributed by atoms with Gasteiger partial charge in [-0.05, 0) is 46.7 Å². The smallest absolute Gasteiger partial charge is 0.247 e. The molecule has 1 fully saturated rings. The molecule has 0 aliphatic heterocycles. The molecule has 23 heavy (non-hydrogen) atoms. The molecule has 2 amide bonds. The molecule has 1 N–H and O–H groups in total. The summed E-state index contributed by atoms with van der Waals surface area (Å²) in [6.07, 6.45) is 9.55. The fourth-order valence-electron chi connectivity index (χ4n) is 3.09. The van der Waals surface area contributed by atoms with Crippen molar-refractivity contribution in [1.29, 1.82) is 0 Å². The predicted octanol–water partition coefficient (Wildman–Crippen LogP) is 2.04. The van der Waals surface area contributed by atoms with Crippen LogP contribution in [0.25, 0.3) is 0 Å². The summed E-state index contributed by atoms with van der Waals surface area (Å²) in [7, 11) is 5.72. The Morgan fingerprint density at radius 2 is 1.74 bits per heavy atom. The second kappa shape index (κ2) is 9.06. The SMILES string of the molecule is CN(C)C/C=C/C(=O)NC(C)(C)C(=O)N(C)CC1CCCCC1. The third kappa shape index (κ3) is 7.16. The number of nitrogens with zero attached hydrogens (tertiary/aromatic N) is 2. The van der Waals surface area contributed by atoms with E-state index >= 15 is 0 Å². The standard InChI is InChI=1S/C18H33N3O2/c1-18(2,19-16(22)12-9-13-20(3)4)17(23)21(5)14-15-10-7-6-8-11-15/h9,12,15H,6-8,10-11,13-14H2,1-5H3,(H,19,22)/b12-9+. The highest BCUT2D eigenvalue weighted by Crippen LogP contribution is 2.24. The number of likely N-dealkylation sites (N-methyl/N-ethyl adjacent to an activating group) is 2. The molecule has 0 heterocycles. The Morgan fingerprint density at radius 3 is 2.30 bits per heavy atom. The van der Waals surface area contributed by atoms with Crippen molar-refractivity contribution in [3.8, 4) is 0 Å². The number of rotatable bonds is 7. The van der Waals surface area contributed by atoms with Crippen LogP contribution >= 0.6 is 0 Å². The highest BCUT2D eigenvalue weighted by Gasteiger charge is 2.32. The van der Waals surface area contributed by atoms with Crippen molar-refractivity contribution in [3.63, 3.8) is 0 Å². The van der Waals surface area contributed by atoms with Gasteiger partial charge in [-0.25, -0.2) is 0 Å². The molecule has 1 aliphatic carbocycles. The largest absolute Gasteiger partial charge is 0.343 e. The predicted molar refractivity (Wildman–Crippen MR) is 94.1 cm³/mol. The van der Waals surface area contributed by atoms with Gasteiger partial charge in [0.15, 0.2) is 0 Å². The van der Waals surface area contributed by atoms with Gasteiger partial charge in [0.25, 0.3) is 0 Å². The van der Waals surface area contributed by atoms with E-state index in [1.54, 1.807) is 24.8 Å². The quantitative estimate of drug-likeness (QED) is 0.730. The second-order valence-electron chi connectivity index (χ2n) is 7.47. The molecule has 1 aliphatic rings. The Morgan fingerprint density at radius 1 is 1.13 bits per heavy atom. The van der Waals surface area contributed by atoms with E-state index in [1.165, 1.54) is 38.2 Å². The normalized spacial score (nSPS) is 16.8. The molecule has 0 aromatic heterocycles. The van der Waals surface area contributed by atoms with Gasteiger partial charge >= 0.3 is 0 Å². The lowest BCUT2D eigenvalue weighted by molar-refractivity contribution is -0.139. The molecule has 1 saturated carbocycles. The van der Waals surface area contributed by atoms with Crippen LogP contribution in [0.1, 0.15) is 46.0 Å². The number of hydrogen-bond acceptors (Lipinski definition) is 3. The Kier molecular flexibility index (Phi) is 7.76. The fraction of sp³-hybridized carbons (Fsp3) is 0.778. The molecule has 0 spiro atoms. The van der Waals surface area contributed by atoms with Gasteiger partial charge < -0.3 is 15.1 Å². The fourth-order valence-corrected chi connectivity index (χ4v) is 3.09. The Labute approximate surface area is 141 Å². The van der Waals surface area contributed by atoms with E-state index in [2.05, 4.69) is 5.32 Å². The zero-order valence-electron chi connectivity index (χ0n) is 15.4. The van der Waals surface area contributed by atoms with E-state index in [1.807, 2.05) is 26.0 Å². The zero-order valence-corrected chi connectivity index (χ0v) is 15.4. The van der Waals surface area contributed by atoms with Gasteiger partial charge in [0.05, 0.1) is 0 Å². The Hall–Kier alpha value is -1.36. The van der Waals surface area contributed by atoms with Crippen LogP contribution in [0.15, 0.2) is 12.2 Å². The highest BCUT2D eigenvalue weighted by atomic mass is 16.2. The van der Waals surface area contributed by atoms with Crippen molar-refractivity contribution in [2.75, 3.05) is 34.2 Å². The lowest BCUT2D eigenvalue weighted by Gasteiger charge is -2.33. The van der Waals surface area contributed by atoms with Crippen molar-refractivity contribution >= 4 is 11.8 Å². The first-order valence-corrected chi connectivity index (χ1v) is 8.61. The summed E-state index contributed by atoms with van der Waals surface area (Å²) in [5.74, 6) is 0.345. The highest BCUT2D eigenvalue weighted by molar-refractivity contribution is 5.94. The van der Waals surface area contributed by atoms with Gasteiger partial charge in [0, 0.05) is 26.2 Å². The first-order valence-electron chi connectivity index (χ1n) is 8.61. The molecule has 0 aromatic carbocycles. The van der Waals surface area contributed by atoms with Crippen molar-refractivity contribution in [2.45, 2.75) is 51.5 Å². The van der Waals surface area contributed by atoms with Gasteiger partial charge in [-0.3, -0.25) is 9.59 Å². The Bertz CT molecular complexity index is 424. The van der Waals surface area contributed by atoms with Gasteiger partial charge in [-0.1, -0.05) is 25.3 Å². The van der Waals surface area contributed by atoms with Gasteiger partial charge in [-0.2, -0.15) is 0 Å². The Balaban J connectivity index is 2.50. The van der Waals surface area contributed by atoms with Gasteiger partial charge in [0.2, 0.25) is 11.8 Å². The molecule has 0 saturated heterocycles. The summed E-state index contributed by atoms with van der Waals surface area (Å²) in [6, 6.07) is 0. The van der Waals surface area contributed by atoms with Crippen LogP contribution in [0.4, 0.5) is 0 Å². The third-order valence-electron chi connectivity index (χ3n) is 4.31. The zero-order chi connectivity index (χ0) is 17.5. The maximum absolute atomic E-state index is 12.6. The average molecular weight is 323 g/mol. The molecule has 0 aromatic rings. The molecule has 0 radical (unpaired) electrons. The van der Waals surface area contributed by atoms with Gasteiger partial charge in [-0.15, -0.1) is 0 Å². The minimum Gasteiger partial charge on any atom is -0.343 e. The molecule has 5 heteroatoms. The maximum Gasteiger partial charge on any atom is 0.247 e. The number of hydrogen-bond donors (Lipinski definition) is 1. The third-order valence-corrected chi connectivity index (χ3v) is 4.31. The van der Waals surface area contributed by atoms with Crippen LogP contribution in [-0.4, -0.2) is 61.4 Å². The minimum absolute atomic E-state index is 0.0302. The van der Waals surface area contributed by atoms with Crippen LogP contribution in [0.5, 0.6) is 0 Å². The lowest BCUT2D eigenvalue weighted by Crippen LogP contribution is -2.55. The van der Waals surface area contributed by atoms with Crippen molar-refractivity contribution in [1.82, 2.24) is 15.1 Å². The van der Waals surface area contributed by atoms with Crippen molar-refractivity contribution < 1.29 is 9.59 Å². The number of carbonyl (C=O) groups excluding carboxylic acids is 2. The van der Waals surface area contributed by atoms with E-state index < -0.39 is 5.54 Å². The van der Waals surface area contributed by atoms with E-state index in [0.717, 1.165) is 6.54 Å². The van der Waals surface area contributed by atoms with Crippen molar-refractivity contribution in [2.24, 2.45) is 5.92 Å². The summed E-state index contributed by atoms with van der Waals surface area (Å²) >= 11 is 0. The molecule has 132 valence electrons. The second-order valence-corrected chi connectivity index (χ2v) is 7.47. The van der Waals surface area contributed by atoms with E-state index in [4.69, 9.17) is 0 Å². The summed E-state index contributed by atoms with van der Waals surface area (Å²) in [4.78, 5) is 28.4. The first kappa shape index (κ1) is 19.7. The molecule has 0 atom stereocenters. The summed E-state index contributed by atoms with van der Waals surface area (Å²) < 4.78 is 0. The first-order chi connectivity index (χ1) is 10.7. The van der Waals surface area contributed by atoms with Crippen LogP contribution in [0.3, 0.4) is 0 Å². The molecular formula is C18H33N3O2. The van der Waals surface area contributed by atoms with E-state index in [9.17, 15) is 9.59 Å². The summed E-state index contributed by atoms with van der Waals surface area (Å²) in [5, 5.41) is 2.81. The topological polar surface area (TPSA) is 52.7 Å². The van der Waals surface area contributed by atoms with Crippen molar-refractivity contribution in [3.05, 3.63) is 12.2 Å². The molecule has 1 rings (SSSR count). The monoisotopic (exact) mass is 323 g/mol. The molecule has 5 nitrogen and oxygen atoms in total. The van der Waals surface area contributed by atoms with Crippen LogP contribution in [0.2, 0.25) is 0 Å². The number of nitrogens with one attached hydrogen (secondary N) is 1. The summed E-state index contributed by atoms with van der Waals surface area (Å²) in [5.41, 5.74) is -0.886. The number of amides is 2. The van der Waals surface area contributed by atoms with Crippen LogP contribution in [0, 0.1) is 5.92 Å². The minimum atomic E-state index is -0.886. The molecule has 0 bridgehead atoms. The average Bonchev–Trinajstić information content (AvgIpc) is 2.46. The summed E-state index contributed by atoms with van der Waals surface area (Å²) in [6.45, 7) is 5.02. The number of carbonyl (C=O) groups is 2.